The van der Waals surface area contributed by atoms with Gasteiger partial charge in [-0.05, 0) is 37.6 Å². The number of hydrogen-bond acceptors (Lipinski definition) is 1. The average Bonchev–Trinajstić information content (AvgIpc) is 2.49. The predicted molar refractivity (Wildman–Crippen MR) is 54.0 cm³/mol. The van der Waals surface area contributed by atoms with E-state index < -0.39 is 0 Å². The van der Waals surface area contributed by atoms with Gasteiger partial charge in [-0.3, -0.25) is 0 Å². The van der Waals surface area contributed by atoms with Gasteiger partial charge in [-0.2, -0.15) is 0 Å². The second-order valence-electron chi connectivity index (χ2n) is 4.32. The van der Waals surface area contributed by atoms with Gasteiger partial charge in [0.05, 0.1) is 0 Å². The zero-order valence-corrected chi connectivity index (χ0v) is 8.53. The van der Waals surface area contributed by atoms with Crippen LogP contribution in [0.5, 0.6) is 0 Å². The van der Waals surface area contributed by atoms with Crippen molar-refractivity contribution in [2.75, 3.05) is 13.1 Å². The van der Waals surface area contributed by atoms with Crippen LogP contribution in [-0.2, 0) is 0 Å². The van der Waals surface area contributed by atoms with E-state index in [0.29, 0.717) is 0 Å². The van der Waals surface area contributed by atoms with E-state index in [0.717, 1.165) is 5.92 Å². The fraction of sp³-hybridized carbons (Fsp3) is 0.909. The smallest absolute Gasteiger partial charge is 0.00136 e. The SMILES string of the molecule is CC(C)CCNC[C]1CCCC1. The second-order valence-corrected chi connectivity index (χ2v) is 4.32. The lowest BCUT2D eigenvalue weighted by Gasteiger charge is -2.10. The number of rotatable bonds is 5. The first kappa shape index (κ1) is 10.0. The molecule has 1 radical (unpaired) electrons. The van der Waals surface area contributed by atoms with Gasteiger partial charge in [0.1, 0.15) is 0 Å². The Kier molecular flexibility index (Phi) is 4.67. The average molecular weight is 168 g/mol. The molecule has 0 aromatic heterocycles. The van der Waals surface area contributed by atoms with Crippen LogP contribution in [0.2, 0.25) is 0 Å². The van der Waals surface area contributed by atoms with Gasteiger partial charge in [-0.1, -0.05) is 26.7 Å². The summed E-state index contributed by atoms with van der Waals surface area (Å²) in [6.45, 7) is 6.95. The first-order valence-corrected chi connectivity index (χ1v) is 5.33. The van der Waals surface area contributed by atoms with Crippen LogP contribution >= 0.6 is 0 Å². The Labute approximate surface area is 76.9 Å². The lowest BCUT2D eigenvalue weighted by Crippen LogP contribution is -2.22. The number of nitrogens with one attached hydrogen (secondary N) is 1. The fourth-order valence-electron chi connectivity index (χ4n) is 1.71. The minimum absolute atomic E-state index is 0.839. The maximum Gasteiger partial charge on any atom is 0.00136 e. The third-order valence-corrected chi connectivity index (χ3v) is 2.58. The van der Waals surface area contributed by atoms with Crippen molar-refractivity contribution in [2.45, 2.75) is 46.0 Å². The van der Waals surface area contributed by atoms with Gasteiger partial charge in [-0.15, -0.1) is 0 Å². The normalized spacial score (nSPS) is 19.2. The van der Waals surface area contributed by atoms with Gasteiger partial charge < -0.3 is 5.32 Å². The molecule has 1 nitrogen and oxygen atoms in total. The van der Waals surface area contributed by atoms with Gasteiger partial charge in [0.15, 0.2) is 0 Å². The molecule has 0 aromatic carbocycles. The molecule has 0 saturated heterocycles. The maximum absolute atomic E-state index is 3.52. The summed E-state index contributed by atoms with van der Waals surface area (Å²) >= 11 is 0. The molecule has 0 spiro atoms. The standard InChI is InChI=1S/C11H22N/c1-10(2)7-8-12-9-11-5-3-4-6-11/h10,12H,3-9H2,1-2H3. The van der Waals surface area contributed by atoms with Crippen LogP contribution in [-0.4, -0.2) is 13.1 Å². The summed E-state index contributed by atoms with van der Waals surface area (Å²) in [6.07, 6.45) is 6.94. The fourth-order valence-corrected chi connectivity index (χ4v) is 1.71. The molecule has 0 amide bonds. The van der Waals surface area contributed by atoms with Crippen molar-refractivity contribution in [3.05, 3.63) is 5.92 Å². The Morgan fingerprint density at radius 3 is 2.50 bits per heavy atom. The molecule has 0 unspecified atom stereocenters. The molecule has 0 aromatic rings. The van der Waals surface area contributed by atoms with E-state index in [2.05, 4.69) is 19.2 Å². The third-order valence-electron chi connectivity index (χ3n) is 2.58. The molecule has 0 atom stereocenters. The van der Waals surface area contributed by atoms with Gasteiger partial charge in [0.25, 0.3) is 0 Å². The van der Waals surface area contributed by atoms with Crippen LogP contribution in [0.15, 0.2) is 0 Å². The summed E-state index contributed by atoms with van der Waals surface area (Å²) in [5.74, 6) is 2.59. The summed E-state index contributed by atoms with van der Waals surface area (Å²) in [7, 11) is 0. The Bertz CT molecular complexity index is 104. The topological polar surface area (TPSA) is 12.0 Å². The van der Waals surface area contributed by atoms with Crippen molar-refractivity contribution in [1.82, 2.24) is 5.32 Å². The van der Waals surface area contributed by atoms with Crippen LogP contribution in [0.1, 0.15) is 46.0 Å². The third kappa shape index (κ3) is 4.10. The van der Waals surface area contributed by atoms with Gasteiger partial charge in [0, 0.05) is 6.54 Å². The summed E-state index contributed by atoms with van der Waals surface area (Å²) in [5, 5.41) is 3.52. The first-order valence-electron chi connectivity index (χ1n) is 5.33. The summed E-state index contributed by atoms with van der Waals surface area (Å²) in [4.78, 5) is 0. The Morgan fingerprint density at radius 1 is 1.25 bits per heavy atom. The van der Waals surface area contributed by atoms with Crippen LogP contribution in [0.4, 0.5) is 0 Å². The summed E-state index contributed by atoms with van der Waals surface area (Å²) < 4.78 is 0. The predicted octanol–water partition coefficient (Wildman–Crippen LogP) is 2.77. The molecule has 1 rings (SSSR count). The molecule has 1 N–H and O–H groups in total. The maximum atomic E-state index is 3.52. The van der Waals surface area contributed by atoms with Crippen LogP contribution in [0.3, 0.4) is 0 Å². The van der Waals surface area contributed by atoms with E-state index in [9.17, 15) is 0 Å². The zero-order chi connectivity index (χ0) is 8.81. The lowest BCUT2D eigenvalue weighted by atomic mass is 10.1. The van der Waals surface area contributed by atoms with Crippen LogP contribution in [0, 0.1) is 11.8 Å². The zero-order valence-electron chi connectivity index (χ0n) is 8.53. The van der Waals surface area contributed by atoms with Crippen molar-refractivity contribution < 1.29 is 0 Å². The van der Waals surface area contributed by atoms with Gasteiger partial charge in [-0.25, -0.2) is 0 Å². The highest BCUT2D eigenvalue weighted by Crippen LogP contribution is 2.25. The van der Waals surface area contributed by atoms with Gasteiger partial charge >= 0.3 is 0 Å². The highest BCUT2D eigenvalue weighted by atomic mass is 14.9. The van der Waals surface area contributed by atoms with Crippen molar-refractivity contribution >= 4 is 0 Å². The van der Waals surface area contributed by atoms with Crippen LogP contribution < -0.4 is 5.32 Å². The molecule has 1 heteroatoms. The molecule has 1 saturated carbocycles. The van der Waals surface area contributed by atoms with E-state index in [1.54, 1.807) is 5.92 Å². The summed E-state index contributed by atoms with van der Waals surface area (Å²) in [6, 6.07) is 0. The Morgan fingerprint density at radius 2 is 1.92 bits per heavy atom. The van der Waals surface area contributed by atoms with Crippen LogP contribution in [0.25, 0.3) is 0 Å². The Balaban J connectivity index is 1.88. The first-order chi connectivity index (χ1) is 5.79. The monoisotopic (exact) mass is 168 g/mol. The molecule has 0 heterocycles. The molecule has 1 aliphatic carbocycles. The lowest BCUT2D eigenvalue weighted by molar-refractivity contribution is 0.537. The van der Waals surface area contributed by atoms with E-state index in [1.165, 1.54) is 45.2 Å². The van der Waals surface area contributed by atoms with Crippen molar-refractivity contribution in [3.63, 3.8) is 0 Å². The van der Waals surface area contributed by atoms with Crippen molar-refractivity contribution in [2.24, 2.45) is 5.92 Å². The van der Waals surface area contributed by atoms with E-state index in [-0.39, 0.29) is 0 Å². The van der Waals surface area contributed by atoms with E-state index >= 15 is 0 Å². The van der Waals surface area contributed by atoms with Crippen molar-refractivity contribution in [1.29, 1.82) is 0 Å². The molecule has 1 fully saturated rings. The minimum Gasteiger partial charge on any atom is -0.316 e. The van der Waals surface area contributed by atoms with E-state index in [4.69, 9.17) is 0 Å². The van der Waals surface area contributed by atoms with Gasteiger partial charge in [0.2, 0.25) is 0 Å². The summed E-state index contributed by atoms with van der Waals surface area (Å²) in [5.41, 5.74) is 0. The molecular weight excluding hydrogens is 146 g/mol. The largest absolute Gasteiger partial charge is 0.316 e. The molecule has 71 valence electrons. The minimum atomic E-state index is 0.839. The number of hydrogen-bond donors (Lipinski definition) is 1. The highest BCUT2D eigenvalue weighted by Gasteiger charge is 2.14. The molecular formula is C11H22N. The van der Waals surface area contributed by atoms with E-state index in [1.807, 2.05) is 0 Å². The molecule has 12 heavy (non-hydrogen) atoms. The Hall–Kier alpha value is -0.0400. The second kappa shape index (κ2) is 5.58. The molecule has 0 bridgehead atoms. The quantitative estimate of drug-likeness (QED) is 0.622. The van der Waals surface area contributed by atoms with Crippen molar-refractivity contribution in [3.8, 4) is 0 Å². The molecule has 1 aliphatic rings. The molecule has 0 aliphatic heterocycles. The highest BCUT2D eigenvalue weighted by molar-refractivity contribution is 4.96.